The first-order valence-electron chi connectivity index (χ1n) is 7.63. The van der Waals surface area contributed by atoms with Crippen LogP contribution in [0.2, 0.25) is 5.02 Å². The first kappa shape index (κ1) is 14.3. The van der Waals surface area contributed by atoms with Gasteiger partial charge < -0.3 is 20.9 Å². The van der Waals surface area contributed by atoms with E-state index in [1.165, 1.54) is 0 Å². The second-order valence-electron chi connectivity index (χ2n) is 7.03. The summed E-state index contributed by atoms with van der Waals surface area (Å²) in [4.78, 5) is 12.5. The molecule has 1 amide bonds. The molecule has 1 aromatic rings. The van der Waals surface area contributed by atoms with E-state index in [-0.39, 0.29) is 23.4 Å². The minimum absolute atomic E-state index is 0.0798. The van der Waals surface area contributed by atoms with Crippen molar-refractivity contribution < 1.29 is 14.6 Å². The van der Waals surface area contributed by atoms with Gasteiger partial charge in [0.05, 0.1) is 6.10 Å². The van der Waals surface area contributed by atoms with E-state index in [0.717, 1.165) is 25.7 Å². The number of fused-ring (bicyclic) bond motifs is 2. The number of hydrogen-bond donors (Lipinski definition) is 3. The van der Waals surface area contributed by atoms with Crippen LogP contribution in [0.15, 0.2) is 18.2 Å². The van der Waals surface area contributed by atoms with E-state index in [4.69, 9.17) is 22.1 Å². The second-order valence-corrected chi connectivity index (χ2v) is 7.46. The third-order valence-corrected chi connectivity index (χ3v) is 5.44. The highest BCUT2D eigenvalue weighted by atomic mass is 35.5. The van der Waals surface area contributed by atoms with Crippen molar-refractivity contribution in [1.82, 2.24) is 5.32 Å². The van der Waals surface area contributed by atoms with E-state index in [1.807, 2.05) is 0 Å². The number of aliphatic hydroxyl groups excluding tert-OH is 1. The third-order valence-electron chi connectivity index (χ3n) is 5.20. The quantitative estimate of drug-likeness (QED) is 0.773. The molecule has 118 valence electrons. The lowest BCUT2D eigenvalue weighted by Gasteiger charge is -2.46. The van der Waals surface area contributed by atoms with E-state index in [0.29, 0.717) is 16.3 Å². The SMILES string of the molecule is NC12CCC(NC(=O)[C@H]3C[C@H](O)c4cc(Cl)ccc4O3)(C1)C2. The first-order valence-corrected chi connectivity index (χ1v) is 8.01. The summed E-state index contributed by atoms with van der Waals surface area (Å²) in [6.07, 6.45) is 2.39. The molecule has 1 aliphatic heterocycles. The zero-order valence-electron chi connectivity index (χ0n) is 12.1. The van der Waals surface area contributed by atoms with Crippen LogP contribution in [0, 0.1) is 0 Å². The Morgan fingerprint density at radius 1 is 1.41 bits per heavy atom. The van der Waals surface area contributed by atoms with E-state index in [2.05, 4.69) is 5.32 Å². The summed E-state index contributed by atoms with van der Waals surface area (Å²) in [5.74, 6) is 0.359. The summed E-state index contributed by atoms with van der Waals surface area (Å²) in [6.45, 7) is 0. The second kappa shape index (κ2) is 4.60. The highest BCUT2D eigenvalue weighted by Gasteiger charge is 2.59. The Bertz CT molecular complexity index is 642. The minimum Gasteiger partial charge on any atom is -0.480 e. The lowest BCUT2D eigenvalue weighted by Crippen LogP contribution is -2.63. The molecule has 3 fully saturated rings. The van der Waals surface area contributed by atoms with Crippen LogP contribution in [-0.2, 0) is 4.79 Å². The fraction of sp³-hybridized carbons (Fsp3) is 0.562. The molecule has 0 saturated heterocycles. The number of carbonyl (C=O) groups excluding carboxylic acids is 1. The Hall–Kier alpha value is -1.30. The van der Waals surface area contributed by atoms with E-state index in [1.54, 1.807) is 18.2 Å². The standard InChI is InChI=1S/C16H19ClN2O3/c17-9-1-2-12-10(5-9)11(20)6-13(22-12)14(21)19-16-4-3-15(18,7-16)8-16/h1-2,5,11,13,20H,3-4,6-8,18H2,(H,19,21)/t11-,13+,15?,16?/m0/s1. The summed E-state index contributed by atoms with van der Waals surface area (Å²) >= 11 is 5.93. The highest BCUT2D eigenvalue weighted by Crippen LogP contribution is 2.53. The van der Waals surface area contributed by atoms with Gasteiger partial charge in [-0.2, -0.15) is 0 Å². The molecule has 0 aromatic heterocycles. The van der Waals surface area contributed by atoms with Crippen molar-refractivity contribution in [1.29, 1.82) is 0 Å². The fourth-order valence-corrected chi connectivity index (χ4v) is 4.39. The van der Waals surface area contributed by atoms with E-state index < -0.39 is 12.2 Å². The van der Waals surface area contributed by atoms with Crippen LogP contribution in [0.3, 0.4) is 0 Å². The van der Waals surface area contributed by atoms with Crippen LogP contribution in [0.25, 0.3) is 0 Å². The predicted octanol–water partition coefficient (Wildman–Crippen LogP) is 1.66. The third kappa shape index (κ3) is 2.19. The van der Waals surface area contributed by atoms with Gasteiger partial charge in [-0.1, -0.05) is 11.6 Å². The average Bonchev–Trinajstić information content (AvgIpc) is 2.92. The van der Waals surface area contributed by atoms with Gasteiger partial charge in [-0.05, 0) is 43.9 Å². The summed E-state index contributed by atoms with van der Waals surface area (Å²) in [5.41, 5.74) is 6.55. The molecule has 0 spiro atoms. The van der Waals surface area contributed by atoms with Gasteiger partial charge in [0.15, 0.2) is 6.10 Å². The molecular formula is C16H19ClN2O3. The summed E-state index contributed by atoms with van der Waals surface area (Å²) in [5, 5.41) is 13.9. The Morgan fingerprint density at radius 2 is 2.18 bits per heavy atom. The number of halogens is 1. The molecule has 3 aliphatic carbocycles. The molecule has 4 aliphatic rings. The van der Waals surface area contributed by atoms with Gasteiger partial charge in [0.1, 0.15) is 5.75 Å². The van der Waals surface area contributed by atoms with Crippen molar-refractivity contribution >= 4 is 17.5 Å². The molecule has 5 nitrogen and oxygen atoms in total. The molecule has 0 unspecified atom stereocenters. The van der Waals surface area contributed by atoms with Crippen LogP contribution in [0.1, 0.15) is 43.8 Å². The molecule has 3 saturated carbocycles. The molecule has 6 heteroatoms. The molecule has 0 radical (unpaired) electrons. The molecule has 2 bridgehead atoms. The maximum atomic E-state index is 12.5. The number of benzene rings is 1. The average molecular weight is 323 g/mol. The normalized spacial score (nSPS) is 38.7. The van der Waals surface area contributed by atoms with Gasteiger partial charge in [0.2, 0.25) is 0 Å². The molecule has 2 atom stereocenters. The number of ether oxygens (including phenoxy) is 1. The Labute approximate surface area is 133 Å². The number of rotatable bonds is 2. The lowest BCUT2D eigenvalue weighted by molar-refractivity contribution is -0.133. The van der Waals surface area contributed by atoms with Gasteiger partial charge in [-0.25, -0.2) is 0 Å². The number of aliphatic hydroxyl groups is 1. The van der Waals surface area contributed by atoms with Crippen LogP contribution in [0.5, 0.6) is 5.75 Å². The molecular weight excluding hydrogens is 304 g/mol. The zero-order chi connectivity index (χ0) is 15.5. The Kier molecular flexibility index (Phi) is 2.99. The molecule has 22 heavy (non-hydrogen) atoms. The Morgan fingerprint density at radius 3 is 2.86 bits per heavy atom. The summed E-state index contributed by atoms with van der Waals surface area (Å²) in [6, 6.07) is 5.07. The van der Waals surface area contributed by atoms with E-state index >= 15 is 0 Å². The monoisotopic (exact) mass is 322 g/mol. The largest absolute Gasteiger partial charge is 0.480 e. The van der Waals surface area contributed by atoms with Gasteiger partial charge in [-0.15, -0.1) is 0 Å². The van der Waals surface area contributed by atoms with Crippen molar-refractivity contribution in [2.45, 2.75) is 55.4 Å². The van der Waals surface area contributed by atoms with Crippen molar-refractivity contribution in [2.24, 2.45) is 5.73 Å². The number of hydrogen-bond acceptors (Lipinski definition) is 4. The van der Waals surface area contributed by atoms with Gasteiger partial charge in [0.25, 0.3) is 5.91 Å². The van der Waals surface area contributed by atoms with Crippen LogP contribution in [0.4, 0.5) is 0 Å². The smallest absolute Gasteiger partial charge is 0.261 e. The Balaban J connectivity index is 1.48. The van der Waals surface area contributed by atoms with Crippen LogP contribution in [-0.4, -0.2) is 28.2 Å². The topological polar surface area (TPSA) is 84.6 Å². The van der Waals surface area contributed by atoms with Crippen molar-refractivity contribution in [3.05, 3.63) is 28.8 Å². The highest BCUT2D eigenvalue weighted by molar-refractivity contribution is 6.30. The maximum Gasteiger partial charge on any atom is 0.261 e. The number of amides is 1. The predicted molar refractivity (Wildman–Crippen MR) is 81.7 cm³/mol. The number of nitrogens with two attached hydrogens (primary N) is 1. The minimum atomic E-state index is -0.741. The molecule has 5 rings (SSSR count). The summed E-state index contributed by atoms with van der Waals surface area (Å²) < 4.78 is 5.75. The van der Waals surface area contributed by atoms with Crippen LogP contribution < -0.4 is 15.8 Å². The van der Waals surface area contributed by atoms with Crippen molar-refractivity contribution in [2.75, 3.05) is 0 Å². The van der Waals surface area contributed by atoms with Crippen molar-refractivity contribution in [3.8, 4) is 5.75 Å². The van der Waals surface area contributed by atoms with Gasteiger partial charge >= 0.3 is 0 Å². The van der Waals surface area contributed by atoms with Gasteiger partial charge in [0, 0.05) is 28.1 Å². The number of carbonyl (C=O) groups is 1. The van der Waals surface area contributed by atoms with Crippen LogP contribution >= 0.6 is 11.6 Å². The number of nitrogens with one attached hydrogen (secondary N) is 1. The summed E-state index contributed by atoms with van der Waals surface area (Å²) in [7, 11) is 0. The molecule has 1 heterocycles. The first-order chi connectivity index (χ1) is 10.4. The van der Waals surface area contributed by atoms with E-state index in [9.17, 15) is 9.90 Å². The fourth-order valence-electron chi connectivity index (χ4n) is 4.21. The lowest BCUT2D eigenvalue weighted by atomic mass is 9.71. The van der Waals surface area contributed by atoms with Crippen molar-refractivity contribution in [3.63, 3.8) is 0 Å². The van der Waals surface area contributed by atoms with Gasteiger partial charge in [-0.3, -0.25) is 4.79 Å². The molecule has 4 N–H and O–H groups in total. The maximum absolute atomic E-state index is 12.5. The molecule has 1 aromatic carbocycles. The zero-order valence-corrected chi connectivity index (χ0v) is 12.9.